The molecule has 2 aromatic carbocycles. The van der Waals surface area contributed by atoms with Crippen molar-refractivity contribution in [3.05, 3.63) is 64.1 Å². The fraction of sp³-hybridized carbons (Fsp3) is 0.381. The first kappa shape index (κ1) is 22.9. The molecule has 7 nitrogen and oxygen atoms in total. The second-order valence-electron chi connectivity index (χ2n) is 7.32. The Kier molecular flexibility index (Phi) is 7.65. The van der Waals surface area contributed by atoms with E-state index in [0.29, 0.717) is 25.3 Å². The van der Waals surface area contributed by atoms with Crippen molar-refractivity contribution in [2.75, 3.05) is 40.3 Å². The lowest BCUT2D eigenvalue weighted by Crippen LogP contribution is -2.44. The van der Waals surface area contributed by atoms with Gasteiger partial charge in [-0.25, -0.2) is 12.7 Å². The van der Waals surface area contributed by atoms with Gasteiger partial charge in [-0.3, -0.25) is 9.69 Å². The van der Waals surface area contributed by atoms with Gasteiger partial charge in [-0.1, -0.05) is 46.3 Å². The SMILES string of the molecule is CN(C)S(=O)(=O)c1ccccc1CNC(=O)CN1CCOC(c2ccc(Br)cc2)C1. The summed E-state index contributed by atoms with van der Waals surface area (Å²) in [6.07, 6.45) is -0.0781. The zero-order valence-corrected chi connectivity index (χ0v) is 19.4. The van der Waals surface area contributed by atoms with Crippen molar-refractivity contribution in [2.45, 2.75) is 17.5 Å². The normalized spacial score (nSPS) is 17.8. The van der Waals surface area contributed by atoms with Crippen molar-refractivity contribution in [1.29, 1.82) is 0 Å². The van der Waals surface area contributed by atoms with Gasteiger partial charge in [-0.05, 0) is 29.3 Å². The molecule has 0 saturated carbocycles. The van der Waals surface area contributed by atoms with Gasteiger partial charge in [-0.2, -0.15) is 0 Å². The second kappa shape index (κ2) is 10.0. The zero-order chi connectivity index (χ0) is 21.7. The summed E-state index contributed by atoms with van der Waals surface area (Å²) in [6.45, 7) is 2.24. The van der Waals surface area contributed by atoms with Crippen LogP contribution in [0.4, 0.5) is 0 Å². The summed E-state index contributed by atoms with van der Waals surface area (Å²) in [5, 5.41) is 2.85. The van der Waals surface area contributed by atoms with E-state index in [2.05, 4.69) is 21.2 Å². The molecule has 1 N–H and O–H groups in total. The molecule has 0 aliphatic carbocycles. The molecule has 9 heteroatoms. The monoisotopic (exact) mass is 495 g/mol. The third-order valence-corrected chi connectivity index (χ3v) is 7.41. The van der Waals surface area contributed by atoms with Crippen LogP contribution < -0.4 is 5.32 Å². The molecular formula is C21H26BrN3O4S. The zero-order valence-electron chi connectivity index (χ0n) is 17.0. The summed E-state index contributed by atoms with van der Waals surface area (Å²) in [4.78, 5) is 14.8. The van der Waals surface area contributed by atoms with E-state index in [9.17, 15) is 13.2 Å². The van der Waals surface area contributed by atoms with Gasteiger partial charge in [0.2, 0.25) is 15.9 Å². The summed E-state index contributed by atoms with van der Waals surface area (Å²) >= 11 is 3.43. The number of halogens is 1. The van der Waals surface area contributed by atoms with Crippen molar-refractivity contribution < 1.29 is 17.9 Å². The lowest BCUT2D eigenvalue weighted by molar-refractivity contribution is -0.124. The molecule has 1 saturated heterocycles. The molecule has 162 valence electrons. The minimum atomic E-state index is -3.57. The summed E-state index contributed by atoms with van der Waals surface area (Å²) in [5.41, 5.74) is 1.64. The van der Waals surface area contributed by atoms with E-state index in [1.165, 1.54) is 18.4 Å². The molecule has 1 heterocycles. The third-order valence-electron chi connectivity index (χ3n) is 4.97. The van der Waals surface area contributed by atoms with Crippen LogP contribution in [0.25, 0.3) is 0 Å². The highest BCUT2D eigenvalue weighted by Gasteiger charge is 2.24. The van der Waals surface area contributed by atoms with Gasteiger partial charge in [0.25, 0.3) is 0 Å². The van der Waals surface area contributed by atoms with Gasteiger partial charge in [0.15, 0.2) is 0 Å². The number of benzene rings is 2. The molecule has 2 aromatic rings. The van der Waals surface area contributed by atoms with Gasteiger partial charge in [-0.15, -0.1) is 0 Å². The summed E-state index contributed by atoms with van der Waals surface area (Å²) in [5.74, 6) is -0.150. The predicted molar refractivity (Wildman–Crippen MR) is 118 cm³/mol. The van der Waals surface area contributed by atoms with Crippen molar-refractivity contribution in [1.82, 2.24) is 14.5 Å². The summed E-state index contributed by atoms with van der Waals surface area (Å²) in [7, 11) is -0.590. The molecule has 0 radical (unpaired) electrons. The molecule has 1 fully saturated rings. The molecule has 0 spiro atoms. The van der Waals surface area contributed by atoms with Crippen LogP contribution in [-0.2, 0) is 26.1 Å². The van der Waals surface area contributed by atoms with E-state index in [-0.39, 0.29) is 30.0 Å². The van der Waals surface area contributed by atoms with Crippen LogP contribution in [0.5, 0.6) is 0 Å². The lowest BCUT2D eigenvalue weighted by atomic mass is 10.1. The number of nitrogens with zero attached hydrogens (tertiary/aromatic N) is 2. The highest BCUT2D eigenvalue weighted by molar-refractivity contribution is 9.10. The number of hydrogen-bond donors (Lipinski definition) is 1. The molecule has 1 unspecified atom stereocenters. The Hall–Kier alpha value is -1.78. The van der Waals surface area contributed by atoms with Crippen LogP contribution in [0.2, 0.25) is 0 Å². The van der Waals surface area contributed by atoms with Gasteiger partial charge in [0, 0.05) is 38.2 Å². The highest BCUT2D eigenvalue weighted by Crippen LogP contribution is 2.24. The number of morpholine rings is 1. The Morgan fingerprint density at radius 2 is 1.90 bits per heavy atom. The Morgan fingerprint density at radius 1 is 1.20 bits per heavy atom. The molecule has 30 heavy (non-hydrogen) atoms. The molecule has 3 rings (SSSR count). The molecule has 1 aliphatic heterocycles. The summed E-state index contributed by atoms with van der Waals surface area (Å²) in [6, 6.07) is 14.7. The average molecular weight is 496 g/mol. The summed E-state index contributed by atoms with van der Waals surface area (Å²) < 4.78 is 33.0. The van der Waals surface area contributed by atoms with Crippen LogP contribution in [0, 0.1) is 0 Å². The maximum absolute atomic E-state index is 12.5. The third kappa shape index (κ3) is 5.67. The molecule has 0 aromatic heterocycles. The minimum Gasteiger partial charge on any atom is -0.371 e. The van der Waals surface area contributed by atoms with Crippen LogP contribution in [-0.4, -0.2) is 63.9 Å². The van der Waals surface area contributed by atoms with Crippen molar-refractivity contribution >= 4 is 31.9 Å². The molecule has 1 amide bonds. The average Bonchev–Trinajstić information content (AvgIpc) is 2.73. The Labute approximate surface area is 186 Å². The fourth-order valence-electron chi connectivity index (χ4n) is 3.28. The van der Waals surface area contributed by atoms with Crippen molar-refractivity contribution in [3.8, 4) is 0 Å². The first-order chi connectivity index (χ1) is 14.3. The van der Waals surface area contributed by atoms with E-state index in [1.807, 2.05) is 29.2 Å². The van der Waals surface area contributed by atoms with E-state index in [4.69, 9.17) is 4.74 Å². The quantitative estimate of drug-likeness (QED) is 0.637. The molecule has 1 aliphatic rings. The molecular weight excluding hydrogens is 470 g/mol. The van der Waals surface area contributed by atoms with E-state index in [1.54, 1.807) is 24.3 Å². The Bertz CT molecular complexity index is 980. The number of carbonyl (C=O) groups excluding carboxylic acids is 1. The lowest BCUT2D eigenvalue weighted by Gasteiger charge is -2.32. The number of carbonyl (C=O) groups is 1. The first-order valence-corrected chi connectivity index (χ1v) is 11.9. The van der Waals surface area contributed by atoms with Crippen LogP contribution in [0.15, 0.2) is 57.9 Å². The number of hydrogen-bond acceptors (Lipinski definition) is 5. The molecule has 1 atom stereocenters. The second-order valence-corrected chi connectivity index (χ2v) is 10.4. The van der Waals surface area contributed by atoms with Gasteiger partial charge >= 0.3 is 0 Å². The van der Waals surface area contributed by atoms with E-state index < -0.39 is 10.0 Å². The number of amides is 1. The van der Waals surface area contributed by atoms with E-state index >= 15 is 0 Å². The number of sulfonamides is 1. The van der Waals surface area contributed by atoms with E-state index in [0.717, 1.165) is 10.0 Å². The Balaban J connectivity index is 1.58. The van der Waals surface area contributed by atoms with Crippen LogP contribution in [0.1, 0.15) is 17.2 Å². The minimum absolute atomic E-state index is 0.0781. The highest BCUT2D eigenvalue weighted by atomic mass is 79.9. The maximum atomic E-state index is 12.5. The number of ether oxygens (including phenoxy) is 1. The van der Waals surface area contributed by atoms with Gasteiger partial charge < -0.3 is 10.1 Å². The fourth-order valence-corrected chi connectivity index (χ4v) is 4.66. The van der Waals surface area contributed by atoms with Gasteiger partial charge in [0.05, 0.1) is 24.2 Å². The largest absolute Gasteiger partial charge is 0.371 e. The maximum Gasteiger partial charge on any atom is 0.242 e. The Morgan fingerprint density at radius 3 is 2.60 bits per heavy atom. The van der Waals surface area contributed by atoms with Crippen LogP contribution >= 0.6 is 15.9 Å². The predicted octanol–water partition coefficient (Wildman–Crippen LogP) is 2.39. The topological polar surface area (TPSA) is 79.0 Å². The first-order valence-electron chi connectivity index (χ1n) is 9.64. The van der Waals surface area contributed by atoms with Crippen molar-refractivity contribution in [2.24, 2.45) is 0 Å². The van der Waals surface area contributed by atoms with Crippen molar-refractivity contribution in [3.63, 3.8) is 0 Å². The van der Waals surface area contributed by atoms with Crippen LogP contribution in [0.3, 0.4) is 0 Å². The van der Waals surface area contributed by atoms with Gasteiger partial charge in [0.1, 0.15) is 0 Å². The molecule has 0 bridgehead atoms. The number of rotatable bonds is 7. The smallest absolute Gasteiger partial charge is 0.242 e. The number of nitrogens with one attached hydrogen (secondary N) is 1. The standard InChI is InChI=1S/C21H26BrN3O4S/c1-24(2)30(27,28)20-6-4-3-5-17(20)13-23-21(26)15-25-11-12-29-19(14-25)16-7-9-18(22)10-8-16/h3-10,19H,11-15H2,1-2H3,(H,23,26).